The monoisotopic (exact) mass is 196 g/mol. The van der Waals surface area contributed by atoms with Crippen LogP contribution in [-0.2, 0) is 11.3 Å². The lowest BCUT2D eigenvalue weighted by Crippen LogP contribution is -2.24. The second-order valence-electron chi connectivity index (χ2n) is 3.61. The van der Waals surface area contributed by atoms with Crippen LogP contribution in [0.3, 0.4) is 0 Å². The zero-order chi connectivity index (χ0) is 9.97. The number of rotatable bonds is 5. The Kier molecular flexibility index (Phi) is 2.72. The van der Waals surface area contributed by atoms with E-state index in [4.69, 9.17) is 4.74 Å². The molecule has 0 N–H and O–H groups in total. The maximum Gasteiger partial charge on any atom is 0.328 e. The molecular formula is C10H16N2O2. The largest absolute Gasteiger partial charge is 0.380 e. The number of nitrogens with zero attached hydrogens (tertiary/aromatic N) is 2. The lowest BCUT2D eigenvalue weighted by Gasteiger charge is -2.01. The first kappa shape index (κ1) is 9.52. The summed E-state index contributed by atoms with van der Waals surface area (Å²) in [7, 11) is 0. The van der Waals surface area contributed by atoms with Crippen molar-refractivity contribution in [3.05, 3.63) is 22.9 Å². The van der Waals surface area contributed by atoms with Crippen molar-refractivity contribution in [2.75, 3.05) is 13.2 Å². The van der Waals surface area contributed by atoms with Crippen molar-refractivity contribution in [3.63, 3.8) is 0 Å². The van der Waals surface area contributed by atoms with Gasteiger partial charge in [0.05, 0.1) is 13.2 Å². The van der Waals surface area contributed by atoms with Gasteiger partial charge in [0.1, 0.15) is 0 Å². The van der Waals surface area contributed by atoms with Crippen LogP contribution in [0.4, 0.5) is 0 Å². The van der Waals surface area contributed by atoms with Crippen LogP contribution < -0.4 is 5.69 Å². The van der Waals surface area contributed by atoms with Crippen molar-refractivity contribution in [2.24, 2.45) is 0 Å². The van der Waals surface area contributed by atoms with E-state index >= 15 is 0 Å². The number of hydrogen-bond acceptors (Lipinski definition) is 2. The van der Waals surface area contributed by atoms with Crippen LogP contribution in [0.25, 0.3) is 0 Å². The molecule has 0 bridgehead atoms. The van der Waals surface area contributed by atoms with Gasteiger partial charge in [-0.3, -0.25) is 9.13 Å². The number of imidazole rings is 1. The molecule has 0 atom stereocenters. The molecule has 0 unspecified atom stereocenters. The number of hydrogen-bond donors (Lipinski definition) is 0. The minimum absolute atomic E-state index is 0.104. The molecule has 0 amide bonds. The number of aromatic nitrogens is 2. The summed E-state index contributed by atoms with van der Waals surface area (Å²) in [6, 6.07) is 0.468. The Bertz CT molecular complexity index is 349. The van der Waals surface area contributed by atoms with E-state index < -0.39 is 0 Å². The summed E-state index contributed by atoms with van der Waals surface area (Å²) >= 11 is 0. The van der Waals surface area contributed by atoms with Crippen LogP contribution >= 0.6 is 0 Å². The summed E-state index contributed by atoms with van der Waals surface area (Å²) in [5.74, 6) is 0. The Morgan fingerprint density at radius 3 is 2.93 bits per heavy atom. The normalized spacial score (nSPS) is 16.1. The zero-order valence-corrected chi connectivity index (χ0v) is 8.48. The molecule has 2 rings (SSSR count). The van der Waals surface area contributed by atoms with Gasteiger partial charge >= 0.3 is 5.69 Å². The van der Waals surface area contributed by atoms with Gasteiger partial charge < -0.3 is 4.74 Å². The second-order valence-corrected chi connectivity index (χ2v) is 3.61. The topological polar surface area (TPSA) is 36.2 Å². The Morgan fingerprint density at radius 1 is 1.50 bits per heavy atom. The molecule has 1 saturated carbocycles. The van der Waals surface area contributed by atoms with E-state index in [0.29, 0.717) is 25.8 Å². The zero-order valence-electron chi connectivity index (χ0n) is 8.48. The van der Waals surface area contributed by atoms with Crippen LogP contribution in [0.2, 0.25) is 0 Å². The predicted octanol–water partition coefficient (Wildman–Crippen LogP) is 1.02. The predicted molar refractivity (Wildman–Crippen MR) is 53.5 cm³/mol. The van der Waals surface area contributed by atoms with E-state index in [9.17, 15) is 4.79 Å². The highest BCUT2D eigenvalue weighted by atomic mass is 16.5. The van der Waals surface area contributed by atoms with Crippen molar-refractivity contribution in [2.45, 2.75) is 32.4 Å². The molecular weight excluding hydrogens is 180 g/mol. The van der Waals surface area contributed by atoms with Crippen molar-refractivity contribution in [1.82, 2.24) is 9.13 Å². The van der Waals surface area contributed by atoms with Crippen LogP contribution in [0.1, 0.15) is 25.8 Å². The maximum absolute atomic E-state index is 11.7. The minimum atomic E-state index is 0.104. The maximum atomic E-state index is 11.7. The van der Waals surface area contributed by atoms with Gasteiger partial charge in [-0.15, -0.1) is 0 Å². The van der Waals surface area contributed by atoms with Gasteiger partial charge in [0.15, 0.2) is 0 Å². The third-order valence-corrected chi connectivity index (χ3v) is 2.49. The quantitative estimate of drug-likeness (QED) is 0.659. The van der Waals surface area contributed by atoms with Crippen molar-refractivity contribution >= 4 is 0 Å². The number of ether oxygens (including phenoxy) is 1. The van der Waals surface area contributed by atoms with Crippen molar-refractivity contribution in [1.29, 1.82) is 0 Å². The molecule has 78 valence electrons. The fourth-order valence-corrected chi connectivity index (χ4v) is 1.54. The summed E-state index contributed by atoms with van der Waals surface area (Å²) in [4.78, 5) is 11.7. The van der Waals surface area contributed by atoms with Gasteiger partial charge in [0, 0.05) is 25.0 Å². The summed E-state index contributed by atoms with van der Waals surface area (Å²) in [6.07, 6.45) is 6.02. The lowest BCUT2D eigenvalue weighted by atomic mass is 10.6. The first-order valence-electron chi connectivity index (χ1n) is 5.18. The van der Waals surface area contributed by atoms with Gasteiger partial charge in [-0.25, -0.2) is 4.79 Å². The summed E-state index contributed by atoms with van der Waals surface area (Å²) < 4.78 is 8.75. The molecule has 0 aromatic carbocycles. The molecule has 4 nitrogen and oxygen atoms in total. The molecule has 0 spiro atoms. The lowest BCUT2D eigenvalue weighted by molar-refractivity contribution is 0.138. The SMILES string of the molecule is CCOCCn1ccn(C2CC2)c1=O. The summed E-state index contributed by atoms with van der Waals surface area (Å²) in [5.41, 5.74) is 0.104. The highest BCUT2D eigenvalue weighted by Crippen LogP contribution is 2.33. The second kappa shape index (κ2) is 4.00. The molecule has 14 heavy (non-hydrogen) atoms. The third-order valence-electron chi connectivity index (χ3n) is 2.49. The summed E-state index contributed by atoms with van der Waals surface area (Å²) in [5, 5.41) is 0. The van der Waals surface area contributed by atoms with E-state index in [1.54, 1.807) is 4.57 Å². The van der Waals surface area contributed by atoms with Crippen LogP contribution in [-0.4, -0.2) is 22.3 Å². The van der Waals surface area contributed by atoms with Crippen LogP contribution in [0, 0.1) is 0 Å². The van der Waals surface area contributed by atoms with E-state index in [0.717, 1.165) is 12.8 Å². The Balaban J connectivity index is 2.00. The Morgan fingerprint density at radius 2 is 2.29 bits per heavy atom. The van der Waals surface area contributed by atoms with E-state index in [2.05, 4.69) is 0 Å². The molecule has 1 aliphatic carbocycles. The highest BCUT2D eigenvalue weighted by molar-refractivity contribution is 4.91. The first-order valence-corrected chi connectivity index (χ1v) is 5.18. The Hall–Kier alpha value is -1.03. The van der Waals surface area contributed by atoms with E-state index in [1.807, 2.05) is 23.9 Å². The standard InChI is InChI=1S/C10H16N2O2/c1-2-14-8-7-11-5-6-12(10(11)13)9-3-4-9/h5-6,9H,2-4,7-8H2,1H3. The van der Waals surface area contributed by atoms with Crippen LogP contribution in [0.15, 0.2) is 17.2 Å². The molecule has 1 fully saturated rings. The molecule has 0 aliphatic heterocycles. The molecule has 1 heterocycles. The molecule has 1 aromatic heterocycles. The first-order chi connectivity index (χ1) is 6.83. The molecule has 0 radical (unpaired) electrons. The van der Waals surface area contributed by atoms with E-state index in [-0.39, 0.29) is 5.69 Å². The fraction of sp³-hybridized carbons (Fsp3) is 0.700. The molecule has 0 saturated heterocycles. The minimum Gasteiger partial charge on any atom is -0.380 e. The van der Waals surface area contributed by atoms with Gasteiger partial charge in [-0.1, -0.05) is 0 Å². The highest BCUT2D eigenvalue weighted by Gasteiger charge is 2.25. The molecule has 4 heteroatoms. The average Bonchev–Trinajstić information content (AvgIpc) is 2.95. The van der Waals surface area contributed by atoms with Crippen molar-refractivity contribution < 1.29 is 4.74 Å². The fourth-order valence-electron chi connectivity index (χ4n) is 1.54. The third kappa shape index (κ3) is 1.90. The van der Waals surface area contributed by atoms with E-state index in [1.165, 1.54) is 0 Å². The van der Waals surface area contributed by atoms with Gasteiger partial charge in [-0.05, 0) is 19.8 Å². The van der Waals surface area contributed by atoms with Gasteiger partial charge in [0.2, 0.25) is 0 Å². The van der Waals surface area contributed by atoms with Crippen molar-refractivity contribution in [3.8, 4) is 0 Å². The van der Waals surface area contributed by atoms with Gasteiger partial charge in [0.25, 0.3) is 0 Å². The molecule has 1 aliphatic rings. The smallest absolute Gasteiger partial charge is 0.328 e. The summed E-state index contributed by atoms with van der Waals surface area (Å²) in [6.45, 7) is 3.94. The van der Waals surface area contributed by atoms with Crippen LogP contribution in [0.5, 0.6) is 0 Å². The Labute approximate surface area is 83.1 Å². The molecule has 1 aromatic rings. The average molecular weight is 196 g/mol. The van der Waals surface area contributed by atoms with Gasteiger partial charge in [-0.2, -0.15) is 0 Å².